The molecule has 0 heterocycles. The number of nitrogens with one attached hydrogen (secondary N) is 1. The first-order valence-electron chi connectivity index (χ1n) is 6.90. The molecule has 2 rings (SSSR count). The predicted octanol–water partition coefficient (Wildman–Crippen LogP) is 2.41. The highest BCUT2D eigenvalue weighted by Gasteiger charge is 2.43. The molecule has 0 radical (unpaired) electrons. The van der Waals surface area contributed by atoms with Crippen molar-refractivity contribution in [2.24, 2.45) is 0 Å². The van der Waals surface area contributed by atoms with Gasteiger partial charge in [-0.2, -0.15) is 13.2 Å². The minimum atomic E-state index is -4.97. The summed E-state index contributed by atoms with van der Waals surface area (Å²) < 4.78 is 37.1. The average molecular weight is 315 g/mol. The van der Waals surface area contributed by atoms with E-state index in [1.54, 1.807) is 12.1 Å². The highest BCUT2D eigenvalue weighted by Crippen LogP contribution is 2.39. The number of benzene rings is 1. The first-order chi connectivity index (χ1) is 10.2. The summed E-state index contributed by atoms with van der Waals surface area (Å²) >= 11 is 0. The van der Waals surface area contributed by atoms with Gasteiger partial charge in [0.05, 0.1) is 6.42 Å². The van der Waals surface area contributed by atoms with E-state index in [-0.39, 0.29) is 13.0 Å². The minimum Gasteiger partial charge on any atom is -0.481 e. The zero-order valence-corrected chi connectivity index (χ0v) is 11.7. The van der Waals surface area contributed by atoms with E-state index in [0.29, 0.717) is 18.4 Å². The lowest BCUT2D eigenvalue weighted by molar-refractivity contribution is -0.174. The molecular formula is C15H16F3NO3. The molecule has 22 heavy (non-hydrogen) atoms. The van der Waals surface area contributed by atoms with Crippen molar-refractivity contribution < 1.29 is 27.9 Å². The van der Waals surface area contributed by atoms with Gasteiger partial charge in [-0.05, 0) is 30.4 Å². The number of aryl methyl sites for hydroxylation is 1. The second kappa shape index (κ2) is 5.98. The molecule has 1 unspecified atom stereocenters. The van der Waals surface area contributed by atoms with Gasteiger partial charge in [-0.1, -0.05) is 24.3 Å². The Labute approximate surface area is 125 Å². The van der Waals surface area contributed by atoms with Crippen LogP contribution in [0, 0.1) is 0 Å². The van der Waals surface area contributed by atoms with Crippen LogP contribution in [0.2, 0.25) is 0 Å². The Bertz CT molecular complexity index is 586. The molecular weight excluding hydrogens is 299 g/mol. The quantitative estimate of drug-likeness (QED) is 0.897. The van der Waals surface area contributed by atoms with Gasteiger partial charge in [0, 0.05) is 12.0 Å². The van der Waals surface area contributed by atoms with Gasteiger partial charge in [-0.15, -0.1) is 0 Å². The normalized spacial score (nSPS) is 21.0. The third kappa shape index (κ3) is 3.40. The van der Waals surface area contributed by atoms with Gasteiger partial charge in [0.2, 0.25) is 0 Å². The standard InChI is InChI=1S/C15H16F3NO3/c16-15(17,18)13(22)19-9-14(8-12(20)21)7-3-5-10-4-1-2-6-11(10)14/h1-2,4,6H,3,5,7-9H2,(H,19,22)(H,20,21). The number of carbonyl (C=O) groups excluding carboxylic acids is 1. The number of amides is 1. The van der Waals surface area contributed by atoms with E-state index in [1.165, 1.54) is 0 Å². The van der Waals surface area contributed by atoms with Crippen molar-refractivity contribution in [3.63, 3.8) is 0 Å². The number of hydrogen-bond donors (Lipinski definition) is 2. The third-order valence-corrected chi connectivity index (χ3v) is 4.02. The summed E-state index contributed by atoms with van der Waals surface area (Å²) in [6, 6.07) is 7.12. The molecule has 0 saturated carbocycles. The zero-order valence-electron chi connectivity index (χ0n) is 11.7. The van der Waals surface area contributed by atoms with Gasteiger partial charge in [0.15, 0.2) is 0 Å². The Morgan fingerprint density at radius 3 is 2.59 bits per heavy atom. The lowest BCUT2D eigenvalue weighted by Gasteiger charge is -2.38. The summed E-state index contributed by atoms with van der Waals surface area (Å²) in [5.74, 6) is -3.14. The van der Waals surface area contributed by atoms with Crippen LogP contribution >= 0.6 is 0 Å². The number of carboxylic acids is 1. The Hall–Kier alpha value is -2.05. The van der Waals surface area contributed by atoms with Gasteiger partial charge in [-0.25, -0.2) is 0 Å². The Kier molecular flexibility index (Phi) is 4.44. The number of carbonyl (C=O) groups is 2. The van der Waals surface area contributed by atoms with E-state index < -0.39 is 23.5 Å². The van der Waals surface area contributed by atoms with Gasteiger partial charge in [-0.3, -0.25) is 9.59 Å². The third-order valence-electron chi connectivity index (χ3n) is 4.02. The first kappa shape index (κ1) is 16.3. The summed E-state index contributed by atoms with van der Waals surface area (Å²) in [6.07, 6.45) is -3.44. The molecule has 1 amide bonds. The van der Waals surface area contributed by atoms with Crippen molar-refractivity contribution in [2.75, 3.05) is 6.54 Å². The first-order valence-corrected chi connectivity index (χ1v) is 6.90. The zero-order chi connectivity index (χ0) is 16.4. The van der Waals surface area contributed by atoms with Gasteiger partial charge in [0.1, 0.15) is 0 Å². The molecule has 7 heteroatoms. The van der Waals surface area contributed by atoms with Crippen molar-refractivity contribution in [1.82, 2.24) is 5.32 Å². The Balaban J connectivity index is 2.30. The summed E-state index contributed by atoms with van der Waals surface area (Å²) in [4.78, 5) is 22.3. The van der Waals surface area contributed by atoms with Gasteiger partial charge < -0.3 is 10.4 Å². The summed E-state index contributed by atoms with van der Waals surface area (Å²) in [7, 11) is 0. The van der Waals surface area contributed by atoms with Gasteiger partial charge in [0.25, 0.3) is 0 Å². The number of fused-ring (bicyclic) bond motifs is 1. The second-order valence-electron chi connectivity index (χ2n) is 5.54. The fourth-order valence-electron chi connectivity index (χ4n) is 3.08. The lowest BCUT2D eigenvalue weighted by atomic mass is 9.68. The SMILES string of the molecule is O=C(O)CC1(CNC(=O)C(F)(F)F)CCCc2ccccc21. The molecule has 4 nitrogen and oxygen atoms in total. The van der Waals surface area contributed by atoms with Crippen LogP contribution in [0.25, 0.3) is 0 Å². The van der Waals surface area contributed by atoms with Crippen LogP contribution in [0.4, 0.5) is 13.2 Å². The lowest BCUT2D eigenvalue weighted by Crippen LogP contribution is -2.47. The van der Waals surface area contributed by atoms with Crippen molar-refractivity contribution in [3.05, 3.63) is 35.4 Å². The van der Waals surface area contributed by atoms with Crippen molar-refractivity contribution >= 4 is 11.9 Å². The fraction of sp³-hybridized carbons (Fsp3) is 0.467. The van der Waals surface area contributed by atoms with Crippen LogP contribution in [0.3, 0.4) is 0 Å². The molecule has 2 N–H and O–H groups in total. The van der Waals surface area contributed by atoms with Crippen LogP contribution in [-0.2, 0) is 21.4 Å². The van der Waals surface area contributed by atoms with Crippen molar-refractivity contribution in [1.29, 1.82) is 0 Å². The monoisotopic (exact) mass is 315 g/mol. The van der Waals surface area contributed by atoms with E-state index in [2.05, 4.69) is 0 Å². The minimum absolute atomic E-state index is 0.317. The highest BCUT2D eigenvalue weighted by atomic mass is 19.4. The topological polar surface area (TPSA) is 66.4 Å². The van der Waals surface area contributed by atoms with Crippen molar-refractivity contribution in [3.8, 4) is 0 Å². The Morgan fingerprint density at radius 2 is 1.95 bits per heavy atom. The average Bonchev–Trinajstić information content (AvgIpc) is 2.43. The number of halogens is 3. The second-order valence-corrected chi connectivity index (χ2v) is 5.54. The molecule has 0 fully saturated rings. The summed E-state index contributed by atoms with van der Waals surface area (Å²) in [6.45, 7) is -0.339. The van der Waals surface area contributed by atoms with Gasteiger partial charge >= 0.3 is 18.1 Å². The maximum Gasteiger partial charge on any atom is 0.471 e. The summed E-state index contributed by atoms with van der Waals surface area (Å²) in [5.41, 5.74) is 0.643. The number of hydrogen-bond acceptors (Lipinski definition) is 2. The molecule has 0 bridgehead atoms. The molecule has 0 saturated heterocycles. The van der Waals surface area contributed by atoms with E-state index in [9.17, 15) is 22.8 Å². The van der Waals surface area contributed by atoms with Crippen LogP contribution in [0.1, 0.15) is 30.4 Å². The smallest absolute Gasteiger partial charge is 0.471 e. The van der Waals surface area contributed by atoms with Crippen LogP contribution in [-0.4, -0.2) is 29.7 Å². The molecule has 120 valence electrons. The van der Waals surface area contributed by atoms with E-state index >= 15 is 0 Å². The maximum atomic E-state index is 12.4. The van der Waals surface area contributed by atoms with E-state index in [4.69, 9.17) is 5.11 Å². The number of rotatable bonds is 4. The molecule has 0 aromatic heterocycles. The fourth-order valence-corrected chi connectivity index (χ4v) is 3.08. The maximum absolute atomic E-state index is 12.4. The molecule has 0 aliphatic heterocycles. The summed E-state index contributed by atoms with van der Waals surface area (Å²) in [5, 5.41) is 11.0. The molecule has 1 aromatic rings. The number of carboxylic acid groups (broad SMARTS) is 1. The molecule has 1 aromatic carbocycles. The largest absolute Gasteiger partial charge is 0.481 e. The highest BCUT2D eigenvalue weighted by molar-refractivity contribution is 5.82. The number of alkyl halides is 3. The van der Waals surface area contributed by atoms with Crippen molar-refractivity contribution in [2.45, 2.75) is 37.3 Å². The molecule has 1 aliphatic carbocycles. The molecule has 1 aliphatic rings. The Morgan fingerprint density at radius 1 is 1.27 bits per heavy atom. The van der Waals surface area contributed by atoms with Crippen LogP contribution < -0.4 is 5.32 Å². The predicted molar refractivity (Wildman–Crippen MR) is 72.4 cm³/mol. The molecule has 0 spiro atoms. The van der Waals surface area contributed by atoms with E-state index in [0.717, 1.165) is 12.0 Å². The van der Waals surface area contributed by atoms with E-state index in [1.807, 2.05) is 17.4 Å². The molecule has 1 atom stereocenters. The number of aliphatic carboxylic acids is 1. The van der Waals surface area contributed by atoms with Crippen LogP contribution in [0.15, 0.2) is 24.3 Å². The van der Waals surface area contributed by atoms with Crippen LogP contribution in [0.5, 0.6) is 0 Å².